The molecule has 4 nitrogen and oxygen atoms in total. The number of carbonyl (C=O) groups excluding carboxylic acids is 2. The van der Waals surface area contributed by atoms with Crippen LogP contribution in [-0.2, 0) is 15.7 Å². The van der Waals surface area contributed by atoms with E-state index in [2.05, 4.69) is 5.32 Å². The molecule has 0 spiro atoms. The number of benzene rings is 2. The standard InChI is InChI=1S/C16H11ClF3NO3/c17-12-5-2-6-13(8-12)21-14(22)9-24-15(23)10-3-1-4-11(7-10)16(18,19)20/h1-8H,9H2,(H,21,22). The van der Waals surface area contributed by atoms with Crippen molar-refractivity contribution in [3.05, 3.63) is 64.7 Å². The number of nitrogens with one attached hydrogen (secondary N) is 1. The Morgan fingerprint density at radius 2 is 1.79 bits per heavy atom. The molecule has 0 aromatic heterocycles. The fourth-order valence-corrected chi connectivity index (χ4v) is 1.99. The normalized spacial score (nSPS) is 11.0. The molecule has 8 heteroatoms. The van der Waals surface area contributed by atoms with E-state index in [1.807, 2.05) is 0 Å². The van der Waals surface area contributed by atoms with E-state index in [1.165, 1.54) is 12.1 Å². The molecule has 0 aliphatic carbocycles. The van der Waals surface area contributed by atoms with Crippen molar-refractivity contribution in [1.82, 2.24) is 0 Å². The van der Waals surface area contributed by atoms with E-state index in [9.17, 15) is 22.8 Å². The van der Waals surface area contributed by atoms with Crippen LogP contribution in [0.2, 0.25) is 5.02 Å². The molecule has 0 bridgehead atoms. The minimum absolute atomic E-state index is 0.291. The van der Waals surface area contributed by atoms with Gasteiger partial charge in [0.05, 0.1) is 11.1 Å². The molecule has 1 amide bonds. The Hall–Kier alpha value is -2.54. The zero-order valence-corrected chi connectivity index (χ0v) is 12.8. The lowest BCUT2D eigenvalue weighted by Gasteiger charge is -2.09. The highest BCUT2D eigenvalue weighted by Crippen LogP contribution is 2.29. The van der Waals surface area contributed by atoms with Crippen molar-refractivity contribution in [3.8, 4) is 0 Å². The number of rotatable bonds is 4. The highest BCUT2D eigenvalue weighted by Gasteiger charge is 2.31. The topological polar surface area (TPSA) is 55.4 Å². The summed E-state index contributed by atoms with van der Waals surface area (Å²) in [5.41, 5.74) is -0.858. The fraction of sp³-hybridized carbons (Fsp3) is 0.125. The van der Waals surface area contributed by atoms with Gasteiger partial charge in [-0.25, -0.2) is 4.79 Å². The Kier molecular flexibility index (Phi) is 5.46. The van der Waals surface area contributed by atoms with Crippen molar-refractivity contribution in [2.75, 3.05) is 11.9 Å². The monoisotopic (exact) mass is 357 g/mol. The number of carbonyl (C=O) groups is 2. The summed E-state index contributed by atoms with van der Waals surface area (Å²) in [6.07, 6.45) is -4.57. The first-order valence-corrected chi connectivity index (χ1v) is 7.03. The van der Waals surface area contributed by atoms with Gasteiger partial charge in [-0.3, -0.25) is 4.79 Å². The summed E-state index contributed by atoms with van der Waals surface area (Å²) in [6.45, 7) is -0.637. The van der Waals surface area contributed by atoms with Crippen LogP contribution in [0.25, 0.3) is 0 Å². The number of anilines is 1. The van der Waals surface area contributed by atoms with Crippen LogP contribution in [0.5, 0.6) is 0 Å². The summed E-state index contributed by atoms with van der Waals surface area (Å²) in [5, 5.41) is 2.86. The second kappa shape index (κ2) is 7.35. The molecule has 0 saturated heterocycles. The number of alkyl halides is 3. The van der Waals surface area contributed by atoms with Crippen LogP contribution < -0.4 is 5.32 Å². The predicted octanol–water partition coefficient (Wildman–Crippen LogP) is 4.15. The largest absolute Gasteiger partial charge is 0.452 e. The third-order valence-corrected chi connectivity index (χ3v) is 3.10. The van der Waals surface area contributed by atoms with Crippen molar-refractivity contribution in [2.24, 2.45) is 0 Å². The maximum Gasteiger partial charge on any atom is 0.416 e. The summed E-state index contributed by atoms with van der Waals surface area (Å²) < 4.78 is 42.5. The molecule has 0 atom stereocenters. The van der Waals surface area contributed by atoms with E-state index in [1.54, 1.807) is 18.2 Å². The Morgan fingerprint density at radius 1 is 1.08 bits per heavy atom. The zero-order chi connectivity index (χ0) is 17.7. The lowest BCUT2D eigenvalue weighted by Crippen LogP contribution is -2.21. The second-order valence-corrected chi connectivity index (χ2v) is 5.15. The summed E-state index contributed by atoms with van der Waals surface area (Å²) in [4.78, 5) is 23.4. The number of esters is 1. The molecule has 0 aliphatic rings. The van der Waals surface area contributed by atoms with Gasteiger partial charge in [0.25, 0.3) is 5.91 Å². The van der Waals surface area contributed by atoms with Crippen molar-refractivity contribution >= 4 is 29.2 Å². The summed E-state index contributed by atoms with van der Waals surface area (Å²) in [7, 11) is 0. The number of hydrogen-bond donors (Lipinski definition) is 1. The SMILES string of the molecule is O=C(COC(=O)c1cccc(C(F)(F)F)c1)Nc1cccc(Cl)c1. The average molecular weight is 358 g/mol. The molecule has 1 N–H and O–H groups in total. The highest BCUT2D eigenvalue weighted by atomic mass is 35.5. The molecule has 0 heterocycles. The van der Waals surface area contributed by atoms with Gasteiger partial charge in [-0.1, -0.05) is 23.7 Å². The van der Waals surface area contributed by atoms with Crippen LogP contribution in [0.1, 0.15) is 15.9 Å². The van der Waals surface area contributed by atoms with Gasteiger partial charge >= 0.3 is 12.1 Å². The summed E-state index contributed by atoms with van der Waals surface area (Å²) >= 11 is 5.76. The molecule has 0 radical (unpaired) electrons. The number of amides is 1. The van der Waals surface area contributed by atoms with Gasteiger partial charge in [0.1, 0.15) is 0 Å². The molecule has 24 heavy (non-hydrogen) atoms. The Labute approximate surface area is 140 Å². The molecule has 126 valence electrons. The van der Waals surface area contributed by atoms with Crippen molar-refractivity contribution in [2.45, 2.75) is 6.18 Å². The van der Waals surface area contributed by atoms with E-state index in [4.69, 9.17) is 16.3 Å². The molecule has 0 aliphatic heterocycles. The van der Waals surface area contributed by atoms with Crippen molar-refractivity contribution in [3.63, 3.8) is 0 Å². The Bertz CT molecular complexity index is 762. The molecule has 2 aromatic rings. The molecule has 2 rings (SSSR count). The van der Waals surface area contributed by atoms with E-state index >= 15 is 0 Å². The smallest absolute Gasteiger partial charge is 0.416 e. The fourth-order valence-electron chi connectivity index (χ4n) is 1.80. The summed E-state index contributed by atoms with van der Waals surface area (Å²) in [5.74, 6) is -1.67. The molecule has 2 aromatic carbocycles. The van der Waals surface area contributed by atoms with Gasteiger partial charge in [-0.2, -0.15) is 13.2 Å². The lowest BCUT2D eigenvalue weighted by molar-refractivity contribution is -0.137. The van der Waals surface area contributed by atoms with Crippen LogP contribution in [0.3, 0.4) is 0 Å². The van der Waals surface area contributed by atoms with E-state index in [-0.39, 0.29) is 5.56 Å². The van der Waals surface area contributed by atoms with Gasteiger partial charge in [0.2, 0.25) is 0 Å². The minimum atomic E-state index is -4.57. The maximum absolute atomic E-state index is 12.6. The van der Waals surface area contributed by atoms with Crippen LogP contribution in [-0.4, -0.2) is 18.5 Å². The third-order valence-electron chi connectivity index (χ3n) is 2.87. The lowest BCUT2D eigenvalue weighted by atomic mass is 10.1. The van der Waals surface area contributed by atoms with Gasteiger partial charge < -0.3 is 10.1 Å². The first kappa shape index (κ1) is 17.8. The van der Waals surface area contributed by atoms with Gasteiger partial charge in [0.15, 0.2) is 6.61 Å². The molecular formula is C16H11ClF3NO3. The van der Waals surface area contributed by atoms with Gasteiger partial charge in [0, 0.05) is 10.7 Å². The Morgan fingerprint density at radius 3 is 2.46 bits per heavy atom. The highest BCUT2D eigenvalue weighted by molar-refractivity contribution is 6.30. The minimum Gasteiger partial charge on any atom is -0.452 e. The predicted molar refractivity (Wildman–Crippen MR) is 81.8 cm³/mol. The van der Waals surface area contributed by atoms with Crippen molar-refractivity contribution in [1.29, 1.82) is 0 Å². The first-order chi connectivity index (χ1) is 11.3. The van der Waals surface area contributed by atoms with Crippen molar-refractivity contribution < 1.29 is 27.5 Å². The second-order valence-electron chi connectivity index (χ2n) is 4.71. The van der Waals surface area contributed by atoms with E-state index in [0.717, 1.165) is 12.1 Å². The average Bonchev–Trinajstić information content (AvgIpc) is 2.52. The third kappa shape index (κ3) is 4.99. The molecular weight excluding hydrogens is 347 g/mol. The van der Waals surface area contributed by atoms with Crippen LogP contribution in [0.15, 0.2) is 48.5 Å². The van der Waals surface area contributed by atoms with Crippen LogP contribution in [0.4, 0.5) is 18.9 Å². The summed E-state index contributed by atoms with van der Waals surface area (Å²) in [6, 6.07) is 10.1. The van der Waals surface area contributed by atoms with E-state index < -0.39 is 30.2 Å². The molecule has 0 unspecified atom stereocenters. The number of ether oxygens (including phenoxy) is 1. The van der Waals surface area contributed by atoms with Gasteiger partial charge in [-0.05, 0) is 36.4 Å². The quantitative estimate of drug-likeness (QED) is 0.836. The molecule has 0 saturated carbocycles. The number of hydrogen-bond acceptors (Lipinski definition) is 3. The van der Waals surface area contributed by atoms with Crippen LogP contribution >= 0.6 is 11.6 Å². The number of halogens is 4. The Balaban J connectivity index is 1.94. The zero-order valence-electron chi connectivity index (χ0n) is 12.1. The molecule has 0 fully saturated rings. The van der Waals surface area contributed by atoms with Gasteiger partial charge in [-0.15, -0.1) is 0 Å². The van der Waals surface area contributed by atoms with Crippen LogP contribution in [0, 0.1) is 0 Å². The maximum atomic E-state index is 12.6. The first-order valence-electron chi connectivity index (χ1n) is 6.65. The van der Waals surface area contributed by atoms with E-state index in [0.29, 0.717) is 16.8 Å².